The van der Waals surface area contributed by atoms with Crippen LogP contribution in [0.25, 0.3) is 0 Å². The van der Waals surface area contributed by atoms with E-state index in [9.17, 15) is 0 Å². The number of halogens is 1. The summed E-state index contributed by atoms with van der Waals surface area (Å²) in [4.78, 5) is 0. The average molecular weight is 166 g/mol. The minimum Gasteiger partial charge on any atom is -0.300 e. The van der Waals surface area contributed by atoms with Gasteiger partial charge in [-0.05, 0) is 6.08 Å². The molecule has 1 rings (SSSR count). The van der Waals surface area contributed by atoms with Crippen molar-refractivity contribution >= 4 is 17.3 Å². The quantitative estimate of drug-likeness (QED) is 0.618. The van der Waals surface area contributed by atoms with Gasteiger partial charge in [-0.3, -0.25) is 0 Å². The molecule has 0 spiro atoms. The number of hydrogen-bond acceptors (Lipinski definition) is 1. The molecule has 0 aromatic carbocycles. The molecule has 0 saturated heterocycles. The van der Waals surface area contributed by atoms with Gasteiger partial charge in [-0.25, -0.2) is 0 Å². The van der Waals surface area contributed by atoms with Gasteiger partial charge in [0.2, 0.25) is 0 Å². The Bertz CT molecular complexity index is 282. The van der Waals surface area contributed by atoms with Gasteiger partial charge >= 0.3 is 0 Å². The zero-order valence-corrected chi connectivity index (χ0v) is 6.73. The van der Waals surface area contributed by atoms with Crippen LogP contribution in [-0.4, -0.2) is 5.71 Å². The molecule has 0 aromatic heterocycles. The lowest BCUT2D eigenvalue weighted by Crippen LogP contribution is -1.98. The lowest BCUT2D eigenvalue weighted by atomic mass is 10.1. The molecule has 0 bridgehead atoms. The Morgan fingerprint density at radius 2 is 2.09 bits per heavy atom. The number of rotatable bonds is 1. The van der Waals surface area contributed by atoms with Gasteiger partial charge in [-0.15, -0.1) is 0 Å². The summed E-state index contributed by atoms with van der Waals surface area (Å²) in [6.07, 6.45) is 8.68. The Morgan fingerprint density at radius 3 is 2.64 bits per heavy atom. The van der Waals surface area contributed by atoms with E-state index in [0.29, 0.717) is 10.7 Å². The highest BCUT2D eigenvalue weighted by molar-refractivity contribution is 6.34. The summed E-state index contributed by atoms with van der Waals surface area (Å²) in [5.41, 5.74) is 1.15. The zero-order chi connectivity index (χ0) is 8.27. The van der Waals surface area contributed by atoms with E-state index in [1.165, 1.54) is 6.08 Å². The second-order valence-corrected chi connectivity index (χ2v) is 2.50. The molecule has 0 amide bonds. The molecule has 1 nitrogen and oxygen atoms in total. The highest BCUT2D eigenvalue weighted by atomic mass is 35.5. The van der Waals surface area contributed by atoms with Crippen molar-refractivity contribution in [1.29, 1.82) is 5.41 Å². The molecule has 0 aliphatic heterocycles. The van der Waals surface area contributed by atoms with Gasteiger partial charge in [0.1, 0.15) is 0 Å². The number of hydrogen-bond donors (Lipinski definition) is 1. The second-order valence-electron chi connectivity index (χ2n) is 2.10. The molecule has 0 fully saturated rings. The van der Waals surface area contributed by atoms with Crippen LogP contribution in [0, 0.1) is 5.41 Å². The van der Waals surface area contributed by atoms with E-state index in [4.69, 9.17) is 17.0 Å². The van der Waals surface area contributed by atoms with Gasteiger partial charge in [-0.2, -0.15) is 0 Å². The molecule has 1 N–H and O–H groups in total. The van der Waals surface area contributed by atoms with Crippen molar-refractivity contribution in [1.82, 2.24) is 0 Å². The van der Waals surface area contributed by atoms with Crippen LogP contribution in [0.4, 0.5) is 0 Å². The van der Waals surface area contributed by atoms with Crippen molar-refractivity contribution < 1.29 is 0 Å². The predicted molar refractivity (Wildman–Crippen MR) is 49.1 cm³/mol. The first-order valence-corrected chi connectivity index (χ1v) is 3.59. The highest BCUT2D eigenvalue weighted by Crippen LogP contribution is 2.16. The first-order chi connectivity index (χ1) is 5.25. The SMILES string of the molecule is C=C/C(Cl)=C1/C=CC=CC1=N. The summed E-state index contributed by atoms with van der Waals surface area (Å²) in [6.45, 7) is 3.53. The van der Waals surface area contributed by atoms with E-state index in [2.05, 4.69) is 6.58 Å². The van der Waals surface area contributed by atoms with Gasteiger partial charge in [-0.1, -0.05) is 42.5 Å². The maximum atomic E-state index is 7.45. The van der Waals surface area contributed by atoms with Gasteiger partial charge in [0.15, 0.2) is 0 Å². The first kappa shape index (κ1) is 8.02. The molecule has 2 heteroatoms. The molecule has 1 aliphatic carbocycles. The fourth-order valence-corrected chi connectivity index (χ4v) is 0.966. The van der Waals surface area contributed by atoms with Crippen molar-refractivity contribution in [3.05, 3.63) is 47.6 Å². The lowest BCUT2D eigenvalue weighted by molar-refractivity contribution is 1.49. The smallest absolute Gasteiger partial charge is 0.0627 e. The van der Waals surface area contributed by atoms with E-state index in [1.54, 1.807) is 18.2 Å². The van der Waals surface area contributed by atoms with E-state index < -0.39 is 0 Å². The Kier molecular flexibility index (Phi) is 2.44. The van der Waals surface area contributed by atoms with Crippen molar-refractivity contribution in [3.8, 4) is 0 Å². The standard InChI is InChI=1S/C9H8ClN/c1-2-8(10)7-5-3-4-6-9(7)11/h2-6,11H,1H2/b8-7+,11-9?. The van der Waals surface area contributed by atoms with E-state index >= 15 is 0 Å². The van der Waals surface area contributed by atoms with Crippen molar-refractivity contribution in [2.24, 2.45) is 0 Å². The van der Waals surface area contributed by atoms with Crippen LogP contribution in [0.1, 0.15) is 0 Å². The van der Waals surface area contributed by atoms with Crippen molar-refractivity contribution in [3.63, 3.8) is 0 Å². The predicted octanol–water partition coefficient (Wildman–Crippen LogP) is 2.81. The normalized spacial score (nSPS) is 20.3. The maximum absolute atomic E-state index is 7.45. The largest absolute Gasteiger partial charge is 0.300 e. The van der Waals surface area contributed by atoms with Crippen LogP contribution in [0.2, 0.25) is 0 Å². The summed E-state index contributed by atoms with van der Waals surface area (Å²) in [5.74, 6) is 0. The molecule has 0 heterocycles. The van der Waals surface area contributed by atoms with Gasteiger partial charge in [0.25, 0.3) is 0 Å². The monoisotopic (exact) mass is 165 g/mol. The van der Waals surface area contributed by atoms with Crippen LogP contribution in [-0.2, 0) is 0 Å². The molecule has 11 heavy (non-hydrogen) atoms. The summed E-state index contributed by atoms with van der Waals surface area (Å²) < 4.78 is 0. The molecule has 0 saturated carbocycles. The summed E-state index contributed by atoms with van der Waals surface area (Å²) >= 11 is 5.77. The minimum absolute atomic E-state index is 0.428. The number of allylic oxidation sites excluding steroid dienone is 7. The highest BCUT2D eigenvalue weighted by Gasteiger charge is 2.04. The van der Waals surface area contributed by atoms with E-state index in [0.717, 1.165) is 5.57 Å². The molecule has 1 aliphatic rings. The van der Waals surface area contributed by atoms with Crippen LogP contribution >= 0.6 is 11.6 Å². The fourth-order valence-electron chi connectivity index (χ4n) is 0.801. The van der Waals surface area contributed by atoms with Crippen LogP contribution in [0.5, 0.6) is 0 Å². The topological polar surface area (TPSA) is 23.9 Å². The minimum atomic E-state index is 0.428. The average Bonchev–Trinajstić information content (AvgIpc) is 2.04. The molecular weight excluding hydrogens is 158 g/mol. The van der Waals surface area contributed by atoms with Crippen LogP contribution < -0.4 is 0 Å². The summed E-state index contributed by atoms with van der Waals surface area (Å²) in [7, 11) is 0. The first-order valence-electron chi connectivity index (χ1n) is 3.21. The van der Waals surface area contributed by atoms with Crippen molar-refractivity contribution in [2.75, 3.05) is 0 Å². The maximum Gasteiger partial charge on any atom is 0.0627 e. The Balaban J connectivity index is 3.07. The third-order valence-corrected chi connectivity index (χ3v) is 1.72. The van der Waals surface area contributed by atoms with Crippen LogP contribution in [0.3, 0.4) is 0 Å². The molecule has 0 atom stereocenters. The molecule has 56 valence electrons. The third kappa shape index (κ3) is 1.69. The fraction of sp³-hybridized carbons (Fsp3) is 0. The summed E-state index contributed by atoms with van der Waals surface area (Å²) in [6, 6.07) is 0. The van der Waals surface area contributed by atoms with Gasteiger partial charge in [0.05, 0.1) is 5.71 Å². The van der Waals surface area contributed by atoms with Crippen LogP contribution in [0.15, 0.2) is 47.6 Å². The van der Waals surface area contributed by atoms with E-state index in [-0.39, 0.29) is 0 Å². The molecule has 0 aromatic rings. The zero-order valence-electron chi connectivity index (χ0n) is 5.97. The number of nitrogens with one attached hydrogen (secondary N) is 1. The molecule has 0 radical (unpaired) electrons. The summed E-state index contributed by atoms with van der Waals surface area (Å²) in [5, 5.41) is 7.98. The lowest BCUT2D eigenvalue weighted by Gasteiger charge is -2.04. The van der Waals surface area contributed by atoms with Gasteiger partial charge in [0, 0.05) is 10.6 Å². The third-order valence-electron chi connectivity index (χ3n) is 1.36. The van der Waals surface area contributed by atoms with E-state index in [1.807, 2.05) is 6.08 Å². The van der Waals surface area contributed by atoms with Gasteiger partial charge < -0.3 is 5.41 Å². The Hall–Kier alpha value is -1.08. The molecule has 0 unspecified atom stereocenters. The molecular formula is C9H8ClN. The van der Waals surface area contributed by atoms with Crippen molar-refractivity contribution in [2.45, 2.75) is 0 Å². The Morgan fingerprint density at radius 1 is 1.45 bits per heavy atom. The Labute approximate surface area is 70.9 Å². The second kappa shape index (κ2) is 3.35.